The van der Waals surface area contributed by atoms with Crippen LogP contribution in [0, 0.1) is 5.41 Å². The van der Waals surface area contributed by atoms with Gasteiger partial charge in [0.05, 0.1) is 6.61 Å². The normalized spacial score (nSPS) is 19.0. The number of ether oxygens (including phenoxy) is 1. The van der Waals surface area contributed by atoms with E-state index in [1.165, 1.54) is 17.0 Å². The minimum absolute atomic E-state index is 0.107. The maximum atomic E-state index is 13.0. The number of nitrogen functional groups attached to an aromatic ring is 1. The topological polar surface area (TPSA) is 149 Å². The molecule has 0 radical (unpaired) electrons. The van der Waals surface area contributed by atoms with E-state index < -0.39 is 24.0 Å². The lowest BCUT2D eigenvalue weighted by Gasteiger charge is -2.34. The Hall–Kier alpha value is -3.76. The second-order valence-corrected chi connectivity index (χ2v) is 7.71. The zero-order chi connectivity index (χ0) is 23.0. The first-order valence-electron chi connectivity index (χ1n) is 10.0. The number of hydrogen-bond acceptors (Lipinski definition) is 6. The smallest absolute Gasteiger partial charge is 0.259 e. The number of nitrogens with zero attached hydrogens (tertiary/aromatic N) is 2. The van der Waals surface area contributed by atoms with E-state index in [1.807, 2.05) is 0 Å². The average molecular weight is 437 g/mol. The van der Waals surface area contributed by atoms with Crippen molar-refractivity contribution in [3.63, 3.8) is 0 Å². The van der Waals surface area contributed by atoms with Gasteiger partial charge in [0, 0.05) is 42.6 Å². The molecule has 0 aliphatic carbocycles. The number of nitrogens with two attached hydrogens (primary N) is 1. The highest BCUT2D eigenvalue weighted by Crippen LogP contribution is 2.28. The Morgan fingerprint density at radius 3 is 2.66 bits per heavy atom. The van der Waals surface area contributed by atoms with Crippen molar-refractivity contribution in [3.05, 3.63) is 59.2 Å². The van der Waals surface area contributed by atoms with Crippen molar-refractivity contribution in [1.29, 1.82) is 5.41 Å². The molecule has 10 heteroatoms. The first-order valence-corrected chi connectivity index (χ1v) is 10.0. The van der Waals surface area contributed by atoms with E-state index in [0.717, 1.165) is 5.56 Å². The quantitative estimate of drug-likeness (QED) is 0.390. The molecule has 2 aromatic rings. The van der Waals surface area contributed by atoms with Crippen LogP contribution in [-0.4, -0.2) is 66.0 Å². The molecular weight excluding hydrogens is 414 g/mol. The first-order chi connectivity index (χ1) is 15.3. The Kier molecular flexibility index (Phi) is 5.64. The molecular formula is C22H23N5O5. The Bertz CT molecular complexity index is 1100. The highest BCUT2D eigenvalue weighted by Gasteiger charge is 2.40. The number of aliphatic hydroxyl groups excluding tert-OH is 1. The average Bonchev–Trinajstić information content (AvgIpc) is 3.07. The summed E-state index contributed by atoms with van der Waals surface area (Å²) in [5, 5.41) is 20.4. The molecule has 1 unspecified atom stereocenters. The zero-order valence-electron chi connectivity index (χ0n) is 17.4. The molecule has 0 aromatic heterocycles. The summed E-state index contributed by atoms with van der Waals surface area (Å²) in [6, 6.07) is 11.4. The summed E-state index contributed by atoms with van der Waals surface area (Å²) in [5.74, 6) is -1.59. The van der Waals surface area contributed by atoms with Gasteiger partial charge < -0.3 is 30.7 Å². The lowest BCUT2D eigenvalue weighted by Crippen LogP contribution is -2.55. The Labute approximate surface area is 184 Å². The van der Waals surface area contributed by atoms with Crippen LogP contribution in [0.1, 0.15) is 21.5 Å². The van der Waals surface area contributed by atoms with Crippen LogP contribution in [0.3, 0.4) is 0 Å². The van der Waals surface area contributed by atoms with E-state index in [1.54, 1.807) is 42.3 Å². The highest BCUT2D eigenvalue weighted by molar-refractivity contribution is 6.05. The van der Waals surface area contributed by atoms with Crippen molar-refractivity contribution in [2.45, 2.75) is 18.8 Å². The third kappa shape index (κ3) is 3.93. The van der Waals surface area contributed by atoms with Gasteiger partial charge in [-0.15, -0.1) is 0 Å². The number of morpholine rings is 1. The predicted molar refractivity (Wildman–Crippen MR) is 116 cm³/mol. The van der Waals surface area contributed by atoms with Gasteiger partial charge in [-0.05, 0) is 42.0 Å². The summed E-state index contributed by atoms with van der Waals surface area (Å²) in [4.78, 5) is 40.8. The fraction of sp³-hybridized carbons (Fsp3) is 0.273. The van der Waals surface area contributed by atoms with E-state index in [-0.39, 0.29) is 24.9 Å². The van der Waals surface area contributed by atoms with Crippen molar-refractivity contribution in [2.24, 2.45) is 5.73 Å². The van der Waals surface area contributed by atoms with Crippen LogP contribution in [0.4, 0.5) is 11.4 Å². The molecule has 2 atom stereocenters. The van der Waals surface area contributed by atoms with Gasteiger partial charge >= 0.3 is 0 Å². The summed E-state index contributed by atoms with van der Waals surface area (Å²) in [6.07, 6.45) is -3.12. The van der Waals surface area contributed by atoms with Gasteiger partial charge in [-0.25, -0.2) is 0 Å². The van der Waals surface area contributed by atoms with E-state index in [2.05, 4.69) is 5.32 Å². The molecule has 2 aromatic carbocycles. The Morgan fingerprint density at radius 1 is 1.25 bits per heavy atom. The molecule has 0 spiro atoms. The Balaban J connectivity index is 1.47. The van der Waals surface area contributed by atoms with Crippen molar-refractivity contribution in [3.8, 4) is 0 Å². The maximum Gasteiger partial charge on any atom is 0.259 e. The molecule has 5 N–H and O–H groups in total. The van der Waals surface area contributed by atoms with Crippen LogP contribution in [-0.2, 0) is 20.9 Å². The maximum absolute atomic E-state index is 13.0. The summed E-state index contributed by atoms with van der Waals surface area (Å²) in [6.45, 7) is 0.873. The molecule has 166 valence electrons. The zero-order valence-corrected chi connectivity index (χ0v) is 17.4. The van der Waals surface area contributed by atoms with E-state index in [9.17, 15) is 19.5 Å². The highest BCUT2D eigenvalue weighted by atomic mass is 16.5. The predicted octanol–water partition coefficient (Wildman–Crippen LogP) is 0.288. The lowest BCUT2D eigenvalue weighted by atomic mass is 10.1. The van der Waals surface area contributed by atoms with Crippen LogP contribution in [0.15, 0.2) is 42.5 Å². The van der Waals surface area contributed by atoms with Gasteiger partial charge in [0.2, 0.25) is 0 Å². The van der Waals surface area contributed by atoms with Gasteiger partial charge in [0.1, 0.15) is 5.84 Å². The number of rotatable bonds is 5. The third-order valence-electron chi connectivity index (χ3n) is 5.53. The number of benzene rings is 2. The minimum Gasteiger partial charge on any atom is -0.384 e. The van der Waals surface area contributed by atoms with Gasteiger partial charge in [-0.1, -0.05) is 6.07 Å². The fourth-order valence-electron chi connectivity index (χ4n) is 3.78. The number of fused-ring (bicyclic) bond motifs is 1. The summed E-state index contributed by atoms with van der Waals surface area (Å²) < 4.78 is 5.42. The fourth-order valence-corrected chi connectivity index (χ4v) is 3.78. The third-order valence-corrected chi connectivity index (χ3v) is 5.53. The second kappa shape index (κ2) is 8.40. The largest absolute Gasteiger partial charge is 0.384 e. The van der Waals surface area contributed by atoms with Crippen LogP contribution >= 0.6 is 0 Å². The number of nitrogens with one attached hydrogen (secondary N) is 2. The van der Waals surface area contributed by atoms with Crippen molar-refractivity contribution < 1.29 is 24.2 Å². The number of hydrogen-bond donors (Lipinski definition) is 4. The molecule has 2 aliphatic heterocycles. The number of aliphatic hydroxyl groups is 1. The lowest BCUT2D eigenvalue weighted by molar-refractivity contribution is -0.150. The van der Waals surface area contributed by atoms with Gasteiger partial charge in [-0.2, -0.15) is 0 Å². The standard InChI is InChI=1S/C22H23N5O5/c1-26-11-13-4-7-15(10-16(13)21(26)30)27-8-9-32-18(22(27)31)17(28)20(29)25-14-5-2-12(3-6-14)19(23)24/h2-7,10,17-18,28H,8-9,11H2,1H3,(H3,23,24)(H,25,29)/t17-,18?/m1/s1. The number of carbonyl (C=O) groups is 3. The number of anilines is 2. The molecule has 4 rings (SSSR count). The summed E-state index contributed by atoms with van der Waals surface area (Å²) in [7, 11) is 1.71. The molecule has 3 amide bonds. The number of amides is 3. The van der Waals surface area contributed by atoms with E-state index >= 15 is 0 Å². The van der Waals surface area contributed by atoms with Gasteiger partial charge in [0.15, 0.2) is 12.2 Å². The summed E-state index contributed by atoms with van der Waals surface area (Å²) in [5.41, 5.74) is 8.20. The molecule has 32 heavy (non-hydrogen) atoms. The number of carbonyl (C=O) groups excluding carboxylic acids is 3. The number of amidine groups is 1. The van der Waals surface area contributed by atoms with Crippen LogP contribution in [0.25, 0.3) is 0 Å². The van der Waals surface area contributed by atoms with Crippen molar-refractivity contribution >= 4 is 34.9 Å². The minimum atomic E-state index is -1.74. The molecule has 2 aliphatic rings. The SMILES string of the molecule is CN1Cc2ccc(N3CCOC([C@@H](O)C(=O)Nc4ccc(C(=N)N)cc4)C3=O)cc2C1=O. The monoisotopic (exact) mass is 437 g/mol. The van der Waals surface area contributed by atoms with Crippen LogP contribution in [0.2, 0.25) is 0 Å². The Morgan fingerprint density at radius 2 is 1.97 bits per heavy atom. The van der Waals surface area contributed by atoms with Crippen molar-refractivity contribution in [1.82, 2.24) is 4.90 Å². The molecule has 1 fully saturated rings. The molecule has 1 saturated heterocycles. The summed E-state index contributed by atoms with van der Waals surface area (Å²) >= 11 is 0. The first kappa shape index (κ1) is 21.5. The van der Waals surface area contributed by atoms with Gasteiger partial charge in [-0.3, -0.25) is 19.8 Å². The van der Waals surface area contributed by atoms with Crippen LogP contribution in [0.5, 0.6) is 0 Å². The van der Waals surface area contributed by atoms with E-state index in [0.29, 0.717) is 29.0 Å². The van der Waals surface area contributed by atoms with Crippen molar-refractivity contribution in [2.75, 3.05) is 30.4 Å². The van der Waals surface area contributed by atoms with Gasteiger partial charge in [0.25, 0.3) is 17.7 Å². The molecule has 0 bridgehead atoms. The molecule has 10 nitrogen and oxygen atoms in total. The second-order valence-electron chi connectivity index (χ2n) is 7.71. The molecule has 0 saturated carbocycles. The molecule has 2 heterocycles. The van der Waals surface area contributed by atoms with E-state index in [4.69, 9.17) is 15.9 Å². The van der Waals surface area contributed by atoms with Crippen LogP contribution < -0.4 is 16.0 Å².